The van der Waals surface area contributed by atoms with Gasteiger partial charge in [0.2, 0.25) is 5.91 Å². The van der Waals surface area contributed by atoms with Crippen molar-refractivity contribution in [3.05, 3.63) is 71.0 Å². The number of aryl methyl sites for hydroxylation is 1. The van der Waals surface area contributed by atoms with Gasteiger partial charge in [0.15, 0.2) is 0 Å². The Hall–Kier alpha value is -2.53. The van der Waals surface area contributed by atoms with Gasteiger partial charge in [0, 0.05) is 18.0 Å². The van der Waals surface area contributed by atoms with Crippen LogP contribution in [0, 0.1) is 18.7 Å². The second-order valence-corrected chi connectivity index (χ2v) is 7.18. The Labute approximate surface area is 160 Å². The zero-order valence-corrected chi connectivity index (χ0v) is 15.9. The van der Waals surface area contributed by atoms with E-state index < -0.39 is 0 Å². The van der Waals surface area contributed by atoms with Gasteiger partial charge in [0.25, 0.3) is 0 Å². The van der Waals surface area contributed by atoms with Crippen molar-refractivity contribution in [1.82, 2.24) is 10.3 Å². The third kappa shape index (κ3) is 5.23. The lowest BCUT2D eigenvalue weighted by atomic mass is 9.96. The zero-order valence-electron chi connectivity index (χ0n) is 15.9. The van der Waals surface area contributed by atoms with Crippen molar-refractivity contribution < 1.29 is 9.18 Å². The van der Waals surface area contributed by atoms with Gasteiger partial charge in [-0.1, -0.05) is 48.0 Å². The molecule has 0 aliphatic carbocycles. The first-order chi connectivity index (χ1) is 13.0. The van der Waals surface area contributed by atoms with E-state index in [1.54, 1.807) is 6.07 Å². The fourth-order valence-corrected chi connectivity index (χ4v) is 3.31. The van der Waals surface area contributed by atoms with Crippen molar-refractivity contribution >= 4 is 11.6 Å². The molecule has 3 rings (SSSR count). The summed E-state index contributed by atoms with van der Waals surface area (Å²) in [6.45, 7) is 6.09. The van der Waals surface area contributed by atoms with E-state index in [0.717, 1.165) is 37.2 Å². The molecule has 0 spiro atoms. The molecule has 1 aliphatic rings. The monoisotopic (exact) mass is 367 g/mol. The highest BCUT2D eigenvalue weighted by molar-refractivity contribution is 5.99. The van der Waals surface area contributed by atoms with E-state index in [0.29, 0.717) is 12.1 Å². The minimum atomic E-state index is -0.168. The van der Waals surface area contributed by atoms with Gasteiger partial charge in [-0.05, 0) is 51.4 Å². The topological polar surface area (TPSA) is 44.7 Å². The molecule has 1 N–H and O–H groups in total. The third-order valence-corrected chi connectivity index (χ3v) is 5.11. The third-order valence-electron chi connectivity index (χ3n) is 5.11. The molecule has 0 bridgehead atoms. The van der Waals surface area contributed by atoms with Crippen molar-refractivity contribution in [2.24, 2.45) is 11.0 Å². The fraction of sp³-hybridized carbons (Fsp3) is 0.364. The molecule has 4 nitrogen and oxygen atoms in total. The number of likely N-dealkylation sites (tertiary alicyclic amines) is 1. The van der Waals surface area contributed by atoms with E-state index in [9.17, 15) is 9.18 Å². The molecule has 0 aromatic heterocycles. The molecule has 2 aromatic carbocycles. The molecule has 0 saturated carbocycles. The molecule has 1 saturated heterocycles. The standard InChI is InChI=1S/C22H26FN3O/c1-16-7-9-18(10-8-16)17(2)24-25-22(27)19-11-13-26(14-12-19)15-20-5-3-4-6-21(20)23/h3-10,19H,11-15H2,1-2H3,(H,25,27)/b24-17+. The Bertz CT molecular complexity index is 809. The summed E-state index contributed by atoms with van der Waals surface area (Å²) in [6, 6.07) is 14.9. The summed E-state index contributed by atoms with van der Waals surface area (Å²) in [5.41, 5.74) is 6.40. The number of piperidine rings is 1. The van der Waals surface area contributed by atoms with Crippen molar-refractivity contribution in [2.45, 2.75) is 33.2 Å². The highest BCUT2D eigenvalue weighted by atomic mass is 19.1. The van der Waals surface area contributed by atoms with E-state index >= 15 is 0 Å². The van der Waals surface area contributed by atoms with Crippen LogP contribution in [0.25, 0.3) is 0 Å². The maximum Gasteiger partial charge on any atom is 0.243 e. The van der Waals surface area contributed by atoms with Gasteiger partial charge >= 0.3 is 0 Å². The molecule has 27 heavy (non-hydrogen) atoms. The summed E-state index contributed by atoms with van der Waals surface area (Å²) in [7, 11) is 0. The molecule has 1 aliphatic heterocycles. The zero-order chi connectivity index (χ0) is 19.2. The smallest absolute Gasteiger partial charge is 0.243 e. The van der Waals surface area contributed by atoms with Crippen LogP contribution < -0.4 is 5.43 Å². The van der Waals surface area contributed by atoms with Crippen LogP contribution in [0.1, 0.15) is 36.5 Å². The Balaban J connectivity index is 1.49. The van der Waals surface area contributed by atoms with Crippen molar-refractivity contribution in [1.29, 1.82) is 0 Å². The minimum absolute atomic E-state index is 0.0352. The molecule has 0 atom stereocenters. The number of rotatable bonds is 5. The molecule has 1 heterocycles. The van der Waals surface area contributed by atoms with Gasteiger partial charge in [-0.25, -0.2) is 9.82 Å². The van der Waals surface area contributed by atoms with Crippen LogP contribution >= 0.6 is 0 Å². The molecule has 0 unspecified atom stereocenters. The average molecular weight is 367 g/mol. The molecule has 0 radical (unpaired) electrons. The van der Waals surface area contributed by atoms with Crippen molar-refractivity contribution in [3.63, 3.8) is 0 Å². The minimum Gasteiger partial charge on any atom is -0.299 e. The van der Waals surface area contributed by atoms with Crippen LogP contribution in [-0.2, 0) is 11.3 Å². The molecule has 142 valence electrons. The number of nitrogens with zero attached hydrogens (tertiary/aromatic N) is 2. The largest absolute Gasteiger partial charge is 0.299 e. The molecule has 2 aromatic rings. The summed E-state index contributed by atoms with van der Waals surface area (Å²) in [6.07, 6.45) is 1.53. The Morgan fingerprint density at radius 2 is 1.81 bits per heavy atom. The van der Waals surface area contributed by atoms with E-state index in [4.69, 9.17) is 0 Å². The van der Waals surface area contributed by atoms with Gasteiger partial charge in [0.1, 0.15) is 5.82 Å². The summed E-state index contributed by atoms with van der Waals surface area (Å²) < 4.78 is 13.8. The number of nitrogens with one attached hydrogen (secondary N) is 1. The van der Waals surface area contributed by atoms with Crippen LogP contribution in [-0.4, -0.2) is 29.6 Å². The maximum absolute atomic E-state index is 13.8. The van der Waals surface area contributed by atoms with E-state index in [1.807, 2.05) is 50.2 Å². The Morgan fingerprint density at radius 3 is 2.48 bits per heavy atom. The number of carbonyl (C=O) groups is 1. The summed E-state index contributed by atoms with van der Waals surface area (Å²) in [5.74, 6) is -0.248. The van der Waals surface area contributed by atoms with Gasteiger partial charge in [-0.2, -0.15) is 5.10 Å². The molecular weight excluding hydrogens is 341 g/mol. The van der Waals surface area contributed by atoms with Crippen LogP contribution in [0.2, 0.25) is 0 Å². The number of hydrogen-bond donors (Lipinski definition) is 1. The lowest BCUT2D eigenvalue weighted by Gasteiger charge is -2.31. The number of hydrazone groups is 1. The Morgan fingerprint density at radius 1 is 1.15 bits per heavy atom. The predicted octanol–water partition coefficient (Wildman–Crippen LogP) is 3.89. The van der Waals surface area contributed by atoms with Crippen molar-refractivity contribution in [3.8, 4) is 0 Å². The Kier molecular flexibility index (Phi) is 6.35. The number of halogens is 1. The quantitative estimate of drug-likeness (QED) is 0.644. The van der Waals surface area contributed by atoms with Crippen LogP contribution in [0.4, 0.5) is 4.39 Å². The number of benzene rings is 2. The molecule has 5 heteroatoms. The first-order valence-corrected chi connectivity index (χ1v) is 9.40. The van der Waals surface area contributed by atoms with E-state index in [-0.39, 0.29) is 17.6 Å². The highest BCUT2D eigenvalue weighted by Gasteiger charge is 2.25. The molecular formula is C22H26FN3O. The second kappa shape index (κ2) is 8.91. The average Bonchev–Trinajstić information content (AvgIpc) is 2.69. The lowest BCUT2D eigenvalue weighted by Crippen LogP contribution is -2.39. The lowest BCUT2D eigenvalue weighted by molar-refractivity contribution is -0.126. The van der Waals surface area contributed by atoms with Crippen LogP contribution in [0.5, 0.6) is 0 Å². The number of hydrogen-bond acceptors (Lipinski definition) is 3. The molecule has 1 fully saturated rings. The summed E-state index contributed by atoms with van der Waals surface area (Å²) >= 11 is 0. The van der Waals surface area contributed by atoms with E-state index in [1.165, 1.54) is 11.6 Å². The second-order valence-electron chi connectivity index (χ2n) is 7.18. The van der Waals surface area contributed by atoms with Crippen LogP contribution in [0.15, 0.2) is 53.6 Å². The highest BCUT2D eigenvalue weighted by Crippen LogP contribution is 2.20. The number of amides is 1. The summed E-state index contributed by atoms with van der Waals surface area (Å²) in [5, 5.41) is 4.25. The maximum atomic E-state index is 13.8. The first-order valence-electron chi connectivity index (χ1n) is 9.40. The predicted molar refractivity (Wildman–Crippen MR) is 106 cm³/mol. The SMILES string of the molecule is C/C(=N\NC(=O)C1CCN(Cc2ccccc2F)CC1)c1ccc(C)cc1. The summed E-state index contributed by atoms with van der Waals surface area (Å²) in [4.78, 5) is 14.6. The van der Waals surface area contributed by atoms with Gasteiger partial charge in [-0.15, -0.1) is 0 Å². The number of carbonyl (C=O) groups excluding carboxylic acids is 1. The van der Waals surface area contributed by atoms with Gasteiger partial charge in [-0.3, -0.25) is 9.69 Å². The van der Waals surface area contributed by atoms with Crippen LogP contribution in [0.3, 0.4) is 0 Å². The first kappa shape index (κ1) is 19.2. The fourth-order valence-electron chi connectivity index (χ4n) is 3.31. The molecule has 1 amide bonds. The van der Waals surface area contributed by atoms with Gasteiger partial charge in [0.05, 0.1) is 5.71 Å². The normalized spacial score (nSPS) is 16.3. The van der Waals surface area contributed by atoms with Gasteiger partial charge < -0.3 is 0 Å². The van der Waals surface area contributed by atoms with E-state index in [2.05, 4.69) is 15.4 Å². The van der Waals surface area contributed by atoms with Crippen molar-refractivity contribution in [2.75, 3.05) is 13.1 Å².